The normalized spacial score (nSPS) is 11.3. The first-order valence-corrected chi connectivity index (χ1v) is 6.09. The Morgan fingerprint density at radius 2 is 1.85 bits per heavy atom. The van der Waals surface area contributed by atoms with Crippen LogP contribution in [0.15, 0.2) is 24.3 Å². The van der Waals surface area contributed by atoms with Gasteiger partial charge in [-0.3, -0.25) is 4.79 Å². The Morgan fingerprint density at radius 1 is 1.25 bits per heavy atom. The van der Waals surface area contributed by atoms with Crippen molar-refractivity contribution in [2.24, 2.45) is 0 Å². The molecule has 0 aliphatic rings. The maximum absolute atomic E-state index is 11.1. The summed E-state index contributed by atoms with van der Waals surface area (Å²) in [6, 6.07) is 6.27. The van der Waals surface area contributed by atoms with E-state index in [0.717, 1.165) is 0 Å². The molecule has 0 saturated heterocycles. The lowest BCUT2D eigenvalue weighted by atomic mass is 9.90. The number of carbonyl (C=O) groups is 2. The van der Waals surface area contributed by atoms with Gasteiger partial charge in [0.25, 0.3) is 0 Å². The number of carboxylic acids is 1. The van der Waals surface area contributed by atoms with Crippen molar-refractivity contribution in [3.63, 3.8) is 0 Å². The van der Waals surface area contributed by atoms with Gasteiger partial charge >= 0.3 is 5.97 Å². The third-order valence-corrected chi connectivity index (χ3v) is 2.88. The highest BCUT2D eigenvalue weighted by Gasteiger charge is 2.25. The van der Waals surface area contributed by atoms with Gasteiger partial charge < -0.3 is 5.11 Å². The number of hydrogen-bond donors (Lipinski definition) is 1. The van der Waals surface area contributed by atoms with E-state index in [2.05, 4.69) is 10.3 Å². The fourth-order valence-corrected chi connectivity index (χ4v) is 2.00. The molecular formula is C14H15N3O3. The smallest absolute Gasteiger partial charge is 0.335 e. The van der Waals surface area contributed by atoms with Crippen LogP contribution >= 0.6 is 0 Å². The number of carboxylic acid groups (broad SMARTS) is 1. The van der Waals surface area contributed by atoms with E-state index in [1.54, 1.807) is 16.8 Å². The van der Waals surface area contributed by atoms with Crippen LogP contribution in [-0.4, -0.2) is 32.4 Å². The Kier molecular flexibility index (Phi) is 3.40. The van der Waals surface area contributed by atoms with Crippen LogP contribution in [0.25, 0.3) is 5.69 Å². The lowest BCUT2D eigenvalue weighted by molar-refractivity contribution is 0.0696. The van der Waals surface area contributed by atoms with Crippen molar-refractivity contribution in [3.05, 3.63) is 41.2 Å². The molecule has 0 fully saturated rings. The minimum atomic E-state index is -0.986. The summed E-state index contributed by atoms with van der Waals surface area (Å²) in [5, 5.41) is 16.7. The molecule has 6 nitrogen and oxygen atoms in total. The molecule has 0 bridgehead atoms. The molecule has 0 atom stereocenters. The second-order valence-corrected chi connectivity index (χ2v) is 5.45. The second-order valence-electron chi connectivity index (χ2n) is 5.45. The number of benzene rings is 1. The molecule has 2 rings (SSSR count). The average Bonchev–Trinajstić information content (AvgIpc) is 2.82. The molecule has 1 aromatic carbocycles. The van der Waals surface area contributed by atoms with Crippen molar-refractivity contribution < 1.29 is 14.7 Å². The zero-order chi connectivity index (χ0) is 14.9. The van der Waals surface area contributed by atoms with Crippen LogP contribution in [0.2, 0.25) is 0 Å². The highest BCUT2D eigenvalue weighted by atomic mass is 16.4. The first-order valence-electron chi connectivity index (χ1n) is 6.09. The van der Waals surface area contributed by atoms with Crippen LogP contribution in [-0.2, 0) is 5.41 Å². The molecule has 1 aromatic heterocycles. The largest absolute Gasteiger partial charge is 0.478 e. The maximum atomic E-state index is 11.1. The molecule has 0 aliphatic heterocycles. The molecule has 0 unspecified atom stereocenters. The number of nitrogens with zero attached hydrogens (tertiary/aromatic N) is 3. The lowest BCUT2D eigenvalue weighted by Crippen LogP contribution is -2.19. The van der Waals surface area contributed by atoms with E-state index in [1.807, 2.05) is 20.8 Å². The molecule has 0 aliphatic carbocycles. The van der Waals surface area contributed by atoms with Crippen molar-refractivity contribution in [1.29, 1.82) is 0 Å². The third-order valence-electron chi connectivity index (χ3n) is 2.88. The number of aldehydes is 1. The Morgan fingerprint density at radius 3 is 2.30 bits per heavy atom. The van der Waals surface area contributed by atoms with Crippen LogP contribution < -0.4 is 0 Å². The molecule has 1 heterocycles. The van der Waals surface area contributed by atoms with Crippen molar-refractivity contribution in [1.82, 2.24) is 15.0 Å². The van der Waals surface area contributed by atoms with Gasteiger partial charge in [-0.15, -0.1) is 5.10 Å². The van der Waals surface area contributed by atoms with Crippen molar-refractivity contribution in [2.75, 3.05) is 0 Å². The van der Waals surface area contributed by atoms with E-state index in [9.17, 15) is 9.59 Å². The van der Waals surface area contributed by atoms with E-state index in [4.69, 9.17) is 5.11 Å². The van der Waals surface area contributed by atoms with Crippen LogP contribution in [0.4, 0.5) is 0 Å². The SMILES string of the molecule is CC(C)(C)c1c(C=O)nnn1-c1ccc(C(=O)O)cc1. The van der Waals surface area contributed by atoms with Crippen molar-refractivity contribution >= 4 is 12.3 Å². The lowest BCUT2D eigenvalue weighted by Gasteiger charge is -2.20. The zero-order valence-corrected chi connectivity index (χ0v) is 11.5. The summed E-state index contributed by atoms with van der Waals surface area (Å²) in [5.41, 5.74) is 1.53. The van der Waals surface area contributed by atoms with E-state index >= 15 is 0 Å². The first kappa shape index (κ1) is 13.9. The minimum absolute atomic E-state index is 0.196. The van der Waals surface area contributed by atoms with E-state index in [1.165, 1.54) is 12.1 Å². The summed E-state index contributed by atoms with van der Waals surface area (Å²) in [6.45, 7) is 5.88. The number of aromatic nitrogens is 3. The first-order chi connectivity index (χ1) is 9.34. The fourth-order valence-electron chi connectivity index (χ4n) is 2.00. The van der Waals surface area contributed by atoms with Gasteiger partial charge in [0.15, 0.2) is 6.29 Å². The Labute approximate surface area is 116 Å². The van der Waals surface area contributed by atoms with Gasteiger partial charge in [0.1, 0.15) is 5.69 Å². The molecule has 2 aromatic rings. The predicted octanol–water partition coefficient (Wildman–Crippen LogP) is 2.08. The molecule has 0 spiro atoms. The van der Waals surface area contributed by atoms with Crippen LogP contribution in [0.3, 0.4) is 0 Å². The topological polar surface area (TPSA) is 85.1 Å². The molecule has 0 amide bonds. The monoisotopic (exact) mass is 273 g/mol. The molecule has 20 heavy (non-hydrogen) atoms. The predicted molar refractivity (Wildman–Crippen MR) is 72.4 cm³/mol. The highest BCUT2D eigenvalue weighted by Crippen LogP contribution is 2.26. The van der Waals surface area contributed by atoms with E-state index in [-0.39, 0.29) is 11.0 Å². The Balaban J connectivity index is 2.55. The second kappa shape index (κ2) is 4.88. The summed E-state index contributed by atoms with van der Waals surface area (Å²) in [5.74, 6) is -0.986. The van der Waals surface area contributed by atoms with Crippen LogP contribution in [0.1, 0.15) is 47.3 Å². The van der Waals surface area contributed by atoms with E-state index < -0.39 is 5.97 Å². The highest BCUT2D eigenvalue weighted by molar-refractivity contribution is 5.87. The van der Waals surface area contributed by atoms with Crippen LogP contribution in [0, 0.1) is 0 Å². The maximum Gasteiger partial charge on any atom is 0.335 e. The van der Waals surface area contributed by atoms with Crippen LogP contribution in [0.5, 0.6) is 0 Å². The summed E-state index contributed by atoms with van der Waals surface area (Å²) >= 11 is 0. The van der Waals surface area contributed by atoms with Gasteiger partial charge in [-0.2, -0.15) is 0 Å². The molecule has 0 radical (unpaired) electrons. The fraction of sp³-hybridized carbons (Fsp3) is 0.286. The molecule has 104 valence electrons. The Bertz CT molecular complexity index is 651. The summed E-state index contributed by atoms with van der Waals surface area (Å²) in [7, 11) is 0. The number of aromatic carboxylic acids is 1. The average molecular weight is 273 g/mol. The minimum Gasteiger partial charge on any atom is -0.478 e. The molecular weight excluding hydrogens is 258 g/mol. The quantitative estimate of drug-likeness (QED) is 0.865. The number of hydrogen-bond acceptors (Lipinski definition) is 4. The summed E-state index contributed by atoms with van der Waals surface area (Å²) in [6.07, 6.45) is 0.676. The van der Waals surface area contributed by atoms with Gasteiger partial charge in [0.2, 0.25) is 0 Å². The van der Waals surface area contributed by atoms with Gasteiger partial charge in [-0.25, -0.2) is 9.48 Å². The standard InChI is InChI=1S/C14H15N3O3/c1-14(2,3)12-11(8-18)15-16-17(12)10-6-4-9(5-7-10)13(19)20/h4-8H,1-3H3,(H,19,20). The van der Waals surface area contributed by atoms with Gasteiger partial charge in [0, 0.05) is 5.41 Å². The number of carbonyl (C=O) groups excluding carboxylic acids is 1. The van der Waals surface area contributed by atoms with Gasteiger partial charge in [0.05, 0.1) is 16.9 Å². The van der Waals surface area contributed by atoms with Gasteiger partial charge in [-0.05, 0) is 24.3 Å². The molecule has 6 heteroatoms. The number of rotatable bonds is 3. The molecule has 0 saturated carbocycles. The summed E-state index contributed by atoms with van der Waals surface area (Å²) in [4.78, 5) is 21.9. The molecule has 1 N–H and O–H groups in total. The van der Waals surface area contributed by atoms with E-state index in [0.29, 0.717) is 23.4 Å². The third kappa shape index (κ3) is 2.45. The Hall–Kier alpha value is -2.50. The van der Waals surface area contributed by atoms with Gasteiger partial charge in [-0.1, -0.05) is 26.0 Å². The zero-order valence-electron chi connectivity index (χ0n) is 11.5. The van der Waals surface area contributed by atoms with Crippen molar-refractivity contribution in [3.8, 4) is 5.69 Å². The summed E-state index contributed by atoms with van der Waals surface area (Å²) < 4.78 is 1.56. The van der Waals surface area contributed by atoms with Crippen molar-refractivity contribution in [2.45, 2.75) is 26.2 Å².